The molecule has 0 spiro atoms. The van der Waals surface area contributed by atoms with Crippen LogP contribution in [0.3, 0.4) is 0 Å². The lowest BCUT2D eigenvalue weighted by atomic mass is 10.0. The summed E-state index contributed by atoms with van der Waals surface area (Å²) in [5.74, 6) is 0. The molecule has 1 rings (SSSR count). The average molecular weight is 276 g/mol. The molecule has 112 valence electrons. The summed E-state index contributed by atoms with van der Waals surface area (Å²) in [5.41, 5.74) is 1.15. The first-order chi connectivity index (χ1) is 9.77. The van der Waals surface area contributed by atoms with E-state index >= 15 is 0 Å². The van der Waals surface area contributed by atoms with Gasteiger partial charge in [0.2, 0.25) is 0 Å². The molecule has 2 heteroatoms. The molecule has 0 heterocycles. The molecule has 1 aromatic carbocycles. The van der Waals surface area contributed by atoms with Crippen molar-refractivity contribution >= 4 is 0 Å². The molecule has 0 bridgehead atoms. The summed E-state index contributed by atoms with van der Waals surface area (Å²) >= 11 is 0. The maximum absolute atomic E-state index is 10.3. The van der Waals surface area contributed by atoms with Crippen molar-refractivity contribution in [3.8, 4) is 0 Å². The molecule has 2 atom stereocenters. The summed E-state index contributed by atoms with van der Waals surface area (Å²) in [4.78, 5) is 0. The molecule has 0 saturated carbocycles. The fourth-order valence-corrected chi connectivity index (χ4v) is 2.24. The fourth-order valence-electron chi connectivity index (χ4n) is 2.24. The van der Waals surface area contributed by atoms with Gasteiger partial charge >= 0.3 is 0 Å². The zero-order valence-electron chi connectivity index (χ0n) is 12.6. The SMILES string of the molecule is C=CCC[C@H](OCc1ccccc1)[C@@H](O)CCCCC. The molecule has 0 aliphatic carbocycles. The maximum atomic E-state index is 10.3. The second kappa shape index (κ2) is 10.6. The summed E-state index contributed by atoms with van der Waals surface area (Å²) in [6.07, 6.45) is 7.38. The lowest BCUT2D eigenvalue weighted by molar-refractivity contribution is -0.0527. The quantitative estimate of drug-likeness (QED) is 0.477. The first-order valence-corrected chi connectivity index (χ1v) is 7.72. The predicted molar refractivity (Wildman–Crippen MR) is 84.6 cm³/mol. The van der Waals surface area contributed by atoms with Crippen LogP contribution in [0.1, 0.15) is 51.0 Å². The molecular formula is C18H28O2. The highest BCUT2D eigenvalue weighted by molar-refractivity contribution is 5.13. The molecule has 0 aliphatic rings. The minimum Gasteiger partial charge on any atom is -0.390 e. The van der Waals surface area contributed by atoms with E-state index in [9.17, 15) is 5.11 Å². The third-order valence-electron chi connectivity index (χ3n) is 3.49. The topological polar surface area (TPSA) is 29.5 Å². The molecule has 0 fully saturated rings. The molecule has 0 radical (unpaired) electrons. The van der Waals surface area contributed by atoms with Gasteiger partial charge in [0.15, 0.2) is 0 Å². The van der Waals surface area contributed by atoms with Crippen LogP contribution in [0.15, 0.2) is 43.0 Å². The normalized spacial score (nSPS) is 13.9. The van der Waals surface area contributed by atoms with Crippen LogP contribution in [0, 0.1) is 0 Å². The van der Waals surface area contributed by atoms with E-state index in [1.807, 2.05) is 36.4 Å². The lowest BCUT2D eigenvalue weighted by Gasteiger charge is -2.23. The molecular weight excluding hydrogens is 248 g/mol. The summed E-state index contributed by atoms with van der Waals surface area (Å²) in [6.45, 7) is 6.49. The Morgan fingerprint density at radius 2 is 1.95 bits per heavy atom. The van der Waals surface area contributed by atoms with Crippen molar-refractivity contribution in [1.82, 2.24) is 0 Å². The number of unbranched alkanes of at least 4 members (excludes halogenated alkanes) is 2. The Balaban J connectivity index is 2.43. The van der Waals surface area contributed by atoms with Crippen LogP contribution in [0.4, 0.5) is 0 Å². The van der Waals surface area contributed by atoms with E-state index in [0.717, 1.165) is 31.2 Å². The Kier molecular flexibility index (Phi) is 9.01. The summed E-state index contributed by atoms with van der Waals surface area (Å²) in [5, 5.41) is 10.3. The van der Waals surface area contributed by atoms with Crippen molar-refractivity contribution < 1.29 is 9.84 Å². The van der Waals surface area contributed by atoms with Crippen molar-refractivity contribution in [3.05, 3.63) is 48.6 Å². The first-order valence-electron chi connectivity index (χ1n) is 7.72. The van der Waals surface area contributed by atoms with Gasteiger partial charge in [-0.15, -0.1) is 6.58 Å². The highest BCUT2D eigenvalue weighted by atomic mass is 16.5. The van der Waals surface area contributed by atoms with E-state index in [1.54, 1.807) is 0 Å². The van der Waals surface area contributed by atoms with Gasteiger partial charge in [0, 0.05) is 0 Å². The van der Waals surface area contributed by atoms with Crippen LogP contribution < -0.4 is 0 Å². The minimum atomic E-state index is -0.370. The second-order valence-electron chi connectivity index (χ2n) is 5.26. The zero-order chi connectivity index (χ0) is 14.6. The molecule has 1 N–H and O–H groups in total. The van der Waals surface area contributed by atoms with Gasteiger partial charge in [-0.2, -0.15) is 0 Å². The number of ether oxygens (including phenoxy) is 1. The Morgan fingerprint density at radius 3 is 2.60 bits per heavy atom. The van der Waals surface area contributed by atoms with Gasteiger partial charge in [-0.3, -0.25) is 0 Å². The van der Waals surface area contributed by atoms with E-state index in [0.29, 0.717) is 6.61 Å². The van der Waals surface area contributed by atoms with Crippen molar-refractivity contribution in [2.45, 2.75) is 64.3 Å². The van der Waals surface area contributed by atoms with E-state index in [1.165, 1.54) is 12.8 Å². The molecule has 0 aromatic heterocycles. The number of aliphatic hydroxyl groups is 1. The Labute approximate surface area is 123 Å². The monoisotopic (exact) mass is 276 g/mol. The van der Waals surface area contributed by atoms with Crippen molar-refractivity contribution in [1.29, 1.82) is 0 Å². The van der Waals surface area contributed by atoms with E-state index in [2.05, 4.69) is 13.5 Å². The van der Waals surface area contributed by atoms with Crippen LogP contribution in [0.5, 0.6) is 0 Å². The first kappa shape index (κ1) is 16.9. The minimum absolute atomic E-state index is 0.0925. The Hall–Kier alpha value is -1.12. The molecule has 0 amide bonds. The van der Waals surface area contributed by atoms with Gasteiger partial charge in [0.25, 0.3) is 0 Å². The fraction of sp³-hybridized carbons (Fsp3) is 0.556. The number of allylic oxidation sites excluding steroid dienone is 1. The highest BCUT2D eigenvalue weighted by Gasteiger charge is 2.18. The number of rotatable bonds is 11. The van der Waals surface area contributed by atoms with Gasteiger partial charge in [0.05, 0.1) is 18.8 Å². The number of hydrogen-bond acceptors (Lipinski definition) is 2. The molecule has 2 nitrogen and oxygen atoms in total. The van der Waals surface area contributed by atoms with Crippen molar-refractivity contribution in [2.75, 3.05) is 0 Å². The van der Waals surface area contributed by atoms with Gasteiger partial charge in [-0.1, -0.05) is 62.6 Å². The van der Waals surface area contributed by atoms with Crippen LogP contribution in [0.2, 0.25) is 0 Å². The third-order valence-corrected chi connectivity index (χ3v) is 3.49. The van der Waals surface area contributed by atoms with Crippen molar-refractivity contribution in [3.63, 3.8) is 0 Å². The van der Waals surface area contributed by atoms with Gasteiger partial charge < -0.3 is 9.84 Å². The summed E-state index contributed by atoms with van der Waals surface area (Å²) < 4.78 is 5.92. The van der Waals surface area contributed by atoms with E-state index in [-0.39, 0.29) is 12.2 Å². The number of hydrogen-bond donors (Lipinski definition) is 1. The lowest BCUT2D eigenvalue weighted by Crippen LogP contribution is -2.29. The average Bonchev–Trinajstić information content (AvgIpc) is 2.48. The standard InChI is InChI=1S/C18H28O2/c1-3-5-8-13-17(19)18(14-6-4-2)20-15-16-11-9-7-10-12-16/h4,7,9-12,17-19H,2-3,5-6,8,13-15H2,1H3/t17-,18-/m0/s1. The Morgan fingerprint density at radius 1 is 1.20 bits per heavy atom. The van der Waals surface area contributed by atoms with Crippen LogP contribution in [-0.4, -0.2) is 17.3 Å². The smallest absolute Gasteiger partial charge is 0.0841 e. The van der Waals surface area contributed by atoms with Crippen molar-refractivity contribution in [2.24, 2.45) is 0 Å². The van der Waals surface area contributed by atoms with Crippen LogP contribution in [-0.2, 0) is 11.3 Å². The predicted octanol–water partition coefficient (Wildman–Crippen LogP) is 4.48. The van der Waals surface area contributed by atoms with E-state index < -0.39 is 0 Å². The third kappa shape index (κ3) is 6.88. The van der Waals surface area contributed by atoms with Gasteiger partial charge in [-0.05, 0) is 24.8 Å². The zero-order valence-corrected chi connectivity index (χ0v) is 12.6. The van der Waals surface area contributed by atoms with Crippen LogP contribution >= 0.6 is 0 Å². The molecule has 0 aliphatic heterocycles. The van der Waals surface area contributed by atoms with Crippen LogP contribution in [0.25, 0.3) is 0 Å². The Bertz CT molecular complexity index is 348. The number of aliphatic hydroxyl groups excluding tert-OH is 1. The molecule has 1 aromatic rings. The van der Waals surface area contributed by atoms with Gasteiger partial charge in [0.1, 0.15) is 0 Å². The van der Waals surface area contributed by atoms with E-state index in [4.69, 9.17) is 4.74 Å². The van der Waals surface area contributed by atoms with Gasteiger partial charge in [-0.25, -0.2) is 0 Å². The molecule has 0 saturated heterocycles. The summed E-state index contributed by atoms with van der Waals surface area (Å²) in [6, 6.07) is 10.1. The maximum Gasteiger partial charge on any atom is 0.0841 e. The molecule has 20 heavy (non-hydrogen) atoms. The second-order valence-corrected chi connectivity index (χ2v) is 5.26. The molecule has 0 unspecified atom stereocenters. The highest BCUT2D eigenvalue weighted by Crippen LogP contribution is 2.16. The summed E-state index contributed by atoms with van der Waals surface area (Å²) in [7, 11) is 0. The largest absolute Gasteiger partial charge is 0.390 e. The number of benzene rings is 1.